The summed E-state index contributed by atoms with van der Waals surface area (Å²) in [5.41, 5.74) is 1.41. The first kappa shape index (κ1) is 17.6. The molecule has 0 aromatic heterocycles. The first-order valence-electron chi connectivity index (χ1n) is 7.01. The highest BCUT2D eigenvalue weighted by atomic mass is 35.5. The maximum absolute atomic E-state index is 12.0. The number of sulfone groups is 1. The molecule has 0 bridgehead atoms. The smallest absolute Gasteiger partial charge is 0.225 e. The third kappa shape index (κ3) is 3.95. The second kappa shape index (κ2) is 7.21. The van der Waals surface area contributed by atoms with Gasteiger partial charge in [0.1, 0.15) is 0 Å². The zero-order chi connectivity index (χ0) is 14.9. The zero-order valence-corrected chi connectivity index (χ0v) is 14.5. The van der Waals surface area contributed by atoms with Crippen molar-refractivity contribution in [1.82, 2.24) is 5.32 Å². The van der Waals surface area contributed by atoms with E-state index in [0.29, 0.717) is 23.4 Å². The number of amides is 1. The van der Waals surface area contributed by atoms with E-state index in [1.54, 1.807) is 18.2 Å². The molecule has 1 aromatic rings. The van der Waals surface area contributed by atoms with Crippen LogP contribution in [0.1, 0.15) is 12.0 Å². The molecule has 5 nitrogen and oxygen atoms in total. The van der Waals surface area contributed by atoms with Crippen molar-refractivity contribution in [2.45, 2.75) is 23.8 Å². The molecule has 2 heterocycles. The van der Waals surface area contributed by atoms with E-state index in [-0.39, 0.29) is 30.1 Å². The molecule has 1 atom stereocenters. The molecule has 8 heteroatoms. The van der Waals surface area contributed by atoms with Crippen LogP contribution in [-0.4, -0.2) is 44.2 Å². The van der Waals surface area contributed by atoms with E-state index in [9.17, 15) is 13.2 Å². The number of nitrogens with one attached hydrogen (secondary N) is 2. The average molecular weight is 363 g/mol. The van der Waals surface area contributed by atoms with E-state index < -0.39 is 9.84 Å². The highest BCUT2D eigenvalue weighted by molar-refractivity contribution is 7.99. The molecule has 22 heavy (non-hydrogen) atoms. The van der Waals surface area contributed by atoms with Crippen LogP contribution in [0.15, 0.2) is 23.1 Å². The molecule has 1 fully saturated rings. The SMILES string of the molecule is Cl.O=C(CC1CSCCN1)Nc1ccc2c(c1)S(=O)(=O)CC2. The fraction of sp³-hybridized carbons (Fsp3) is 0.500. The number of hydrogen-bond acceptors (Lipinski definition) is 5. The Hall–Kier alpha value is -0.760. The second-order valence-electron chi connectivity index (χ2n) is 5.37. The lowest BCUT2D eigenvalue weighted by Gasteiger charge is -2.22. The van der Waals surface area contributed by atoms with Gasteiger partial charge in [-0.2, -0.15) is 11.8 Å². The topological polar surface area (TPSA) is 75.3 Å². The highest BCUT2D eigenvalue weighted by Crippen LogP contribution is 2.28. The number of rotatable bonds is 3. The Morgan fingerprint density at radius 1 is 1.41 bits per heavy atom. The third-order valence-electron chi connectivity index (χ3n) is 3.76. The Labute approximate surface area is 141 Å². The van der Waals surface area contributed by atoms with Crippen molar-refractivity contribution < 1.29 is 13.2 Å². The van der Waals surface area contributed by atoms with Gasteiger partial charge >= 0.3 is 0 Å². The first-order chi connectivity index (χ1) is 10.0. The van der Waals surface area contributed by atoms with Crippen LogP contribution in [0.25, 0.3) is 0 Å². The summed E-state index contributed by atoms with van der Waals surface area (Å²) in [5.74, 6) is 2.11. The van der Waals surface area contributed by atoms with E-state index in [4.69, 9.17) is 0 Å². The number of benzene rings is 1. The van der Waals surface area contributed by atoms with Crippen molar-refractivity contribution in [3.05, 3.63) is 23.8 Å². The van der Waals surface area contributed by atoms with Crippen molar-refractivity contribution in [1.29, 1.82) is 0 Å². The molecule has 2 aliphatic heterocycles. The minimum Gasteiger partial charge on any atom is -0.326 e. The van der Waals surface area contributed by atoms with Gasteiger partial charge in [-0.15, -0.1) is 12.4 Å². The Bertz CT molecular complexity index is 658. The zero-order valence-electron chi connectivity index (χ0n) is 12.0. The van der Waals surface area contributed by atoms with E-state index in [2.05, 4.69) is 10.6 Å². The Balaban J connectivity index is 0.00000176. The molecule has 1 unspecified atom stereocenters. The Kier molecular flexibility index (Phi) is 5.76. The monoisotopic (exact) mass is 362 g/mol. The standard InChI is InChI=1S/C14H18N2O3S2.ClH/c17-14(8-12-9-20-5-4-15-12)16-11-2-1-10-3-6-21(18,19)13(10)7-11;/h1-2,7,12,15H,3-6,8-9H2,(H,16,17);1H. The summed E-state index contributed by atoms with van der Waals surface area (Å²) in [6, 6.07) is 5.35. The molecule has 1 saturated heterocycles. The summed E-state index contributed by atoms with van der Waals surface area (Å²) < 4.78 is 23.8. The molecule has 1 aromatic carbocycles. The molecular weight excluding hydrogens is 344 g/mol. The third-order valence-corrected chi connectivity index (χ3v) is 6.68. The molecule has 2 aliphatic rings. The van der Waals surface area contributed by atoms with Crippen LogP contribution in [0.2, 0.25) is 0 Å². The maximum atomic E-state index is 12.0. The molecule has 2 N–H and O–H groups in total. The number of fused-ring (bicyclic) bond motifs is 1. The molecule has 122 valence electrons. The summed E-state index contributed by atoms with van der Waals surface area (Å²) in [7, 11) is -3.16. The summed E-state index contributed by atoms with van der Waals surface area (Å²) in [5, 5.41) is 6.12. The number of halogens is 1. The molecule has 0 spiro atoms. The number of carbonyl (C=O) groups excluding carboxylic acids is 1. The minimum atomic E-state index is -3.16. The summed E-state index contributed by atoms with van der Waals surface area (Å²) in [6.45, 7) is 0.930. The molecule has 3 rings (SSSR count). The first-order valence-corrected chi connectivity index (χ1v) is 9.82. The highest BCUT2D eigenvalue weighted by Gasteiger charge is 2.26. The van der Waals surface area contributed by atoms with Crippen LogP contribution in [0.4, 0.5) is 5.69 Å². The lowest BCUT2D eigenvalue weighted by Crippen LogP contribution is -2.39. The quantitative estimate of drug-likeness (QED) is 0.851. The number of carbonyl (C=O) groups is 1. The van der Waals surface area contributed by atoms with E-state index >= 15 is 0 Å². The van der Waals surface area contributed by atoms with Crippen molar-refractivity contribution in [3.8, 4) is 0 Å². The molecular formula is C14H19ClN2O3S2. The molecule has 0 radical (unpaired) electrons. The number of aryl methyl sites for hydroxylation is 1. The number of hydrogen-bond donors (Lipinski definition) is 2. The van der Waals surface area contributed by atoms with Crippen molar-refractivity contribution in [2.75, 3.05) is 29.1 Å². The Morgan fingerprint density at radius 3 is 2.95 bits per heavy atom. The van der Waals surface area contributed by atoms with Gasteiger partial charge in [-0.3, -0.25) is 4.79 Å². The van der Waals surface area contributed by atoms with Gasteiger partial charge in [0.05, 0.1) is 10.6 Å². The van der Waals surface area contributed by atoms with E-state index in [0.717, 1.165) is 23.6 Å². The average Bonchev–Trinajstić information content (AvgIpc) is 2.75. The second-order valence-corrected chi connectivity index (χ2v) is 8.60. The molecule has 0 saturated carbocycles. The lowest BCUT2D eigenvalue weighted by molar-refractivity contribution is -0.116. The van der Waals surface area contributed by atoms with Gasteiger partial charge in [-0.25, -0.2) is 8.42 Å². The van der Waals surface area contributed by atoms with Gasteiger partial charge in [0, 0.05) is 36.2 Å². The largest absolute Gasteiger partial charge is 0.326 e. The van der Waals surface area contributed by atoms with Crippen LogP contribution in [0, 0.1) is 0 Å². The molecule has 1 amide bonds. The predicted octanol–water partition coefficient (Wildman–Crippen LogP) is 1.47. The van der Waals surface area contributed by atoms with Crippen LogP contribution in [0.5, 0.6) is 0 Å². The summed E-state index contributed by atoms with van der Waals surface area (Å²) in [6.07, 6.45) is 0.978. The van der Waals surface area contributed by atoms with Crippen molar-refractivity contribution >= 4 is 45.6 Å². The lowest BCUT2D eigenvalue weighted by atomic mass is 10.1. The van der Waals surface area contributed by atoms with Gasteiger partial charge < -0.3 is 10.6 Å². The predicted molar refractivity (Wildman–Crippen MR) is 91.8 cm³/mol. The van der Waals surface area contributed by atoms with Crippen molar-refractivity contribution in [2.24, 2.45) is 0 Å². The normalized spacial score (nSPS) is 22.5. The van der Waals surface area contributed by atoms with Crippen LogP contribution >= 0.6 is 24.2 Å². The van der Waals surface area contributed by atoms with Crippen molar-refractivity contribution in [3.63, 3.8) is 0 Å². The fourth-order valence-electron chi connectivity index (χ4n) is 2.67. The fourth-order valence-corrected chi connectivity index (χ4v) is 5.20. The summed E-state index contributed by atoms with van der Waals surface area (Å²) in [4.78, 5) is 12.4. The van der Waals surface area contributed by atoms with E-state index in [1.165, 1.54) is 0 Å². The van der Waals surface area contributed by atoms with Crippen LogP contribution < -0.4 is 10.6 Å². The molecule has 0 aliphatic carbocycles. The van der Waals surface area contributed by atoms with Crippen LogP contribution in [0.3, 0.4) is 0 Å². The van der Waals surface area contributed by atoms with Gasteiger partial charge in [0.2, 0.25) is 5.91 Å². The van der Waals surface area contributed by atoms with Crippen LogP contribution in [-0.2, 0) is 21.1 Å². The summed E-state index contributed by atoms with van der Waals surface area (Å²) >= 11 is 1.85. The van der Waals surface area contributed by atoms with Gasteiger partial charge in [-0.05, 0) is 24.1 Å². The van der Waals surface area contributed by atoms with Gasteiger partial charge in [-0.1, -0.05) is 6.07 Å². The van der Waals surface area contributed by atoms with Gasteiger partial charge in [0.25, 0.3) is 0 Å². The maximum Gasteiger partial charge on any atom is 0.225 e. The number of anilines is 1. The van der Waals surface area contributed by atoms with E-state index in [1.807, 2.05) is 11.8 Å². The number of thioether (sulfide) groups is 1. The minimum absolute atomic E-state index is 0. The Morgan fingerprint density at radius 2 is 2.23 bits per heavy atom. The van der Waals surface area contributed by atoms with Gasteiger partial charge in [0.15, 0.2) is 9.84 Å².